The summed E-state index contributed by atoms with van der Waals surface area (Å²) in [4.78, 5) is 12.3. The molecule has 1 saturated heterocycles. The highest BCUT2D eigenvalue weighted by Crippen LogP contribution is 2.49. The Bertz CT molecular complexity index is 606. The molecule has 4 unspecified atom stereocenters. The van der Waals surface area contributed by atoms with Gasteiger partial charge in [-0.25, -0.2) is 0 Å². The molecule has 2 fully saturated rings. The lowest BCUT2D eigenvalue weighted by molar-refractivity contribution is -0.122. The Morgan fingerprint density at radius 2 is 2.09 bits per heavy atom. The lowest BCUT2D eigenvalue weighted by atomic mass is 10.1. The highest BCUT2D eigenvalue weighted by Gasteiger charge is 2.44. The van der Waals surface area contributed by atoms with Crippen LogP contribution in [0.1, 0.15) is 17.9 Å². The van der Waals surface area contributed by atoms with Gasteiger partial charge in [-0.15, -0.1) is 0 Å². The molecule has 1 aromatic rings. The van der Waals surface area contributed by atoms with E-state index in [9.17, 15) is 9.90 Å². The molecule has 6 heteroatoms. The Kier molecular flexibility index (Phi) is 3.87. The Labute approximate surface area is 135 Å². The van der Waals surface area contributed by atoms with Gasteiger partial charge >= 0.3 is 0 Å². The van der Waals surface area contributed by atoms with E-state index in [4.69, 9.17) is 9.47 Å². The van der Waals surface area contributed by atoms with Crippen molar-refractivity contribution in [3.05, 3.63) is 23.8 Å². The van der Waals surface area contributed by atoms with Gasteiger partial charge in [0.1, 0.15) is 13.2 Å². The number of rotatable bonds is 4. The number of aliphatic hydroxyl groups is 1. The van der Waals surface area contributed by atoms with Gasteiger partial charge in [0.25, 0.3) is 0 Å². The molecule has 0 aromatic heterocycles. The fourth-order valence-electron chi connectivity index (χ4n) is 3.43. The molecule has 3 N–H and O–H groups in total. The van der Waals surface area contributed by atoms with E-state index in [1.165, 1.54) is 0 Å². The molecule has 6 nitrogen and oxygen atoms in total. The van der Waals surface area contributed by atoms with Gasteiger partial charge in [-0.3, -0.25) is 4.79 Å². The molecule has 0 radical (unpaired) electrons. The molecule has 4 atom stereocenters. The van der Waals surface area contributed by atoms with Gasteiger partial charge in [-0.1, -0.05) is 6.07 Å². The van der Waals surface area contributed by atoms with Crippen molar-refractivity contribution in [3.8, 4) is 11.5 Å². The molecule has 0 bridgehead atoms. The summed E-state index contributed by atoms with van der Waals surface area (Å²) in [6.07, 6.45) is 0.514. The first kappa shape index (κ1) is 14.8. The van der Waals surface area contributed by atoms with Crippen molar-refractivity contribution in [1.29, 1.82) is 0 Å². The molecule has 0 spiro atoms. The zero-order valence-electron chi connectivity index (χ0n) is 13.0. The summed E-state index contributed by atoms with van der Waals surface area (Å²) in [7, 11) is 0. The van der Waals surface area contributed by atoms with E-state index in [0.717, 1.165) is 30.0 Å². The maximum Gasteiger partial charge on any atom is 0.223 e. The highest BCUT2D eigenvalue weighted by molar-refractivity contribution is 5.83. The predicted octanol–water partition coefficient (Wildman–Crippen LogP) is 0.258. The average Bonchev–Trinajstić information content (AvgIpc) is 3.28. The van der Waals surface area contributed by atoms with Crippen molar-refractivity contribution in [2.24, 2.45) is 11.8 Å². The van der Waals surface area contributed by atoms with Gasteiger partial charge in [0, 0.05) is 31.5 Å². The van der Waals surface area contributed by atoms with Crippen LogP contribution in [0.2, 0.25) is 0 Å². The number of hydrogen-bond acceptors (Lipinski definition) is 5. The largest absolute Gasteiger partial charge is 0.486 e. The maximum absolute atomic E-state index is 12.3. The topological polar surface area (TPSA) is 79.8 Å². The monoisotopic (exact) mass is 318 g/mol. The summed E-state index contributed by atoms with van der Waals surface area (Å²) in [6, 6.07) is 5.95. The molecule has 3 aliphatic rings. The summed E-state index contributed by atoms with van der Waals surface area (Å²) in [6.45, 7) is 3.07. The van der Waals surface area contributed by atoms with Crippen LogP contribution in [0.15, 0.2) is 18.2 Å². The quantitative estimate of drug-likeness (QED) is 0.742. The fraction of sp³-hybridized carbons (Fsp3) is 0.588. The summed E-state index contributed by atoms with van der Waals surface area (Å²) in [5.41, 5.74) is 1.14. The first-order valence-electron chi connectivity index (χ1n) is 8.28. The van der Waals surface area contributed by atoms with Gasteiger partial charge in [-0.2, -0.15) is 0 Å². The second-order valence-electron chi connectivity index (χ2n) is 6.58. The number of carbonyl (C=O) groups is 1. The van der Waals surface area contributed by atoms with Crippen molar-refractivity contribution < 1.29 is 19.4 Å². The number of benzene rings is 1. The second-order valence-corrected chi connectivity index (χ2v) is 6.58. The molecule has 2 aliphatic heterocycles. The number of carbonyl (C=O) groups excluding carboxylic acids is 1. The first-order chi connectivity index (χ1) is 11.2. The van der Waals surface area contributed by atoms with Crippen LogP contribution in [0.3, 0.4) is 0 Å². The molecule has 124 valence electrons. The predicted molar refractivity (Wildman–Crippen MR) is 83.7 cm³/mol. The summed E-state index contributed by atoms with van der Waals surface area (Å²) in [5.74, 6) is 2.06. The lowest BCUT2D eigenvalue weighted by Gasteiger charge is -2.19. The second kappa shape index (κ2) is 6.02. The number of hydrogen-bond donors (Lipinski definition) is 3. The van der Waals surface area contributed by atoms with Crippen LogP contribution < -0.4 is 20.1 Å². The summed E-state index contributed by atoms with van der Waals surface area (Å²) in [5, 5.41) is 15.9. The van der Waals surface area contributed by atoms with E-state index in [0.29, 0.717) is 26.3 Å². The Morgan fingerprint density at radius 3 is 2.87 bits per heavy atom. The molecular weight excluding hydrogens is 296 g/mol. The third-order valence-electron chi connectivity index (χ3n) is 4.96. The molecule has 1 aromatic carbocycles. The van der Waals surface area contributed by atoms with Crippen molar-refractivity contribution in [2.45, 2.75) is 18.4 Å². The zero-order chi connectivity index (χ0) is 15.8. The number of β-amino-alcohol motifs (C(OH)–C–C–N with tert-alkyl or cyclic N) is 1. The molecule has 1 amide bonds. The van der Waals surface area contributed by atoms with Crippen LogP contribution >= 0.6 is 0 Å². The van der Waals surface area contributed by atoms with Crippen LogP contribution in [-0.2, 0) is 4.79 Å². The smallest absolute Gasteiger partial charge is 0.223 e. The van der Waals surface area contributed by atoms with Gasteiger partial charge in [0.05, 0.1) is 6.10 Å². The fourth-order valence-corrected chi connectivity index (χ4v) is 3.43. The van der Waals surface area contributed by atoms with Gasteiger partial charge in [-0.05, 0) is 30.0 Å². The van der Waals surface area contributed by atoms with Crippen LogP contribution in [0.4, 0.5) is 0 Å². The Hall–Kier alpha value is -1.79. The molecular formula is C17H22N2O4. The average molecular weight is 318 g/mol. The van der Waals surface area contributed by atoms with E-state index in [-0.39, 0.29) is 29.8 Å². The number of aliphatic hydroxyl groups excluding tert-OH is 1. The molecule has 2 heterocycles. The zero-order valence-corrected chi connectivity index (χ0v) is 13.0. The van der Waals surface area contributed by atoms with Crippen molar-refractivity contribution in [1.82, 2.24) is 10.6 Å². The number of nitrogens with one attached hydrogen (secondary N) is 2. The normalized spacial score (nSPS) is 31.7. The Morgan fingerprint density at radius 1 is 1.26 bits per heavy atom. The van der Waals surface area contributed by atoms with Crippen LogP contribution in [0.25, 0.3) is 0 Å². The van der Waals surface area contributed by atoms with Gasteiger partial charge in [0.2, 0.25) is 5.91 Å². The molecule has 4 rings (SSSR count). The first-order valence-corrected chi connectivity index (χ1v) is 8.28. The van der Waals surface area contributed by atoms with Crippen LogP contribution in [0.5, 0.6) is 11.5 Å². The maximum atomic E-state index is 12.3. The minimum atomic E-state index is -0.358. The molecule has 1 saturated carbocycles. The summed E-state index contributed by atoms with van der Waals surface area (Å²) >= 11 is 0. The molecule has 1 aliphatic carbocycles. The number of fused-ring (bicyclic) bond motifs is 1. The minimum absolute atomic E-state index is 0.0315. The molecule has 23 heavy (non-hydrogen) atoms. The van der Waals surface area contributed by atoms with Crippen molar-refractivity contribution in [2.75, 3.05) is 32.8 Å². The van der Waals surface area contributed by atoms with Gasteiger partial charge < -0.3 is 25.2 Å². The van der Waals surface area contributed by atoms with Crippen molar-refractivity contribution in [3.63, 3.8) is 0 Å². The van der Waals surface area contributed by atoms with Crippen LogP contribution in [0, 0.1) is 11.8 Å². The standard InChI is InChI=1S/C17H22N2O4/c20-14-9-18-7-11(14)8-19-17(21)13-6-12(13)10-1-2-15-16(5-10)23-4-3-22-15/h1-2,5,11-14,18,20H,3-4,6-9H2,(H,19,21). The summed E-state index contributed by atoms with van der Waals surface area (Å²) < 4.78 is 11.1. The number of amides is 1. The number of ether oxygens (including phenoxy) is 2. The highest BCUT2D eigenvalue weighted by atomic mass is 16.6. The lowest BCUT2D eigenvalue weighted by Crippen LogP contribution is -2.35. The minimum Gasteiger partial charge on any atom is -0.486 e. The van der Waals surface area contributed by atoms with Crippen LogP contribution in [-0.4, -0.2) is 50.0 Å². The third kappa shape index (κ3) is 3.01. The van der Waals surface area contributed by atoms with E-state index in [1.54, 1.807) is 0 Å². The van der Waals surface area contributed by atoms with E-state index in [2.05, 4.69) is 10.6 Å². The SMILES string of the molecule is O=C(NCC1CNCC1O)C1CC1c1ccc2c(c1)OCCO2. The van der Waals surface area contributed by atoms with E-state index in [1.807, 2.05) is 18.2 Å². The third-order valence-corrected chi connectivity index (χ3v) is 4.96. The van der Waals surface area contributed by atoms with Crippen molar-refractivity contribution >= 4 is 5.91 Å². The van der Waals surface area contributed by atoms with Gasteiger partial charge in [0.15, 0.2) is 11.5 Å². The van der Waals surface area contributed by atoms with E-state index < -0.39 is 0 Å². The Balaban J connectivity index is 1.33. The van der Waals surface area contributed by atoms with E-state index >= 15 is 0 Å².